The third kappa shape index (κ3) is 2.68. The number of H-pyrrole nitrogens is 1. The van der Waals surface area contributed by atoms with Crippen molar-refractivity contribution in [1.82, 2.24) is 14.8 Å². The van der Waals surface area contributed by atoms with Gasteiger partial charge in [-0.25, -0.2) is 0 Å². The molecule has 2 aromatic heterocycles. The number of nitriles is 1. The number of esters is 1. The number of carbonyl (C=O) groups excluding carboxylic acids is 1. The fourth-order valence-corrected chi connectivity index (χ4v) is 3.69. The van der Waals surface area contributed by atoms with Crippen molar-refractivity contribution in [3.8, 4) is 11.9 Å². The van der Waals surface area contributed by atoms with Crippen LogP contribution < -0.4 is 10.5 Å². The SMILES string of the molecule is CCOC(=O)Cn1cc(C2C(C#N)=C(N)Oc3n[nH]c(C)c32)c2ccccc21. The summed E-state index contributed by atoms with van der Waals surface area (Å²) in [6.45, 7) is 4.04. The number of hydrogen-bond donors (Lipinski definition) is 2. The lowest BCUT2D eigenvalue weighted by Crippen LogP contribution is -2.21. The van der Waals surface area contributed by atoms with Crippen molar-refractivity contribution in [3.63, 3.8) is 0 Å². The zero-order chi connectivity index (χ0) is 19.8. The Labute approximate surface area is 161 Å². The van der Waals surface area contributed by atoms with Crippen molar-refractivity contribution < 1.29 is 14.3 Å². The summed E-state index contributed by atoms with van der Waals surface area (Å²) in [6, 6.07) is 9.90. The number of aryl methyl sites for hydroxylation is 1. The van der Waals surface area contributed by atoms with Crippen molar-refractivity contribution in [1.29, 1.82) is 5.26 Å². The van der Waals surface area contributed by atoms with E-state index in [-0.39, 0.29) is 18.4 Å². The summed E-state index contributed by atoms with van der Waals surface area (Å²) in [4.78, 5) is 12.1. The number of nitrogens with two attached hydrogens (primary N) is 1. The minimum Gasteiger partial charge on any atom is -0.465 e. The van der Waals surface area contributed by atoms with Gasteiger partial charge >= 0.3 is 5.97 Å². The molecule has 0 fully saturated rings. The molecule has 3 heterocycles. The quantitative estimate of drug-likeness (QED) is 0.674. The van der Waals surface area contributed by atoms with Gasteiger partial charge in [-0.15, -0.1) is 5.10 Å². The summed E-state index contributed by atoms with van der Waals surface area (Å²) in [5, 5.41) is 17.7. The van der Waals surface area contributed by atoms with Gasteiger partial charge in [-0.3, -0.25) is 9.89 Å². The molecule has 3 aromatic rings. The molecule has 0 bridgehead atoms. The number of aromatic nitrogens is 3. The van der Waals surface area contributed by atoms with Crippen molar-refractivity contribution in [2.24, 2.45) is 5.73 Å². The molecule has 1 unspecified atom stereocenters. The summed E-state index contributed by atoms with van der Waals surface area (Å²) < 4.78 is 12.5. The fraction of sp³-hybridized carbons (Fsp3) is 0.250. The van der Waals surface area contributed by atoms with Crippen LogP contribution in [-0.4, -0.2) is 27.3 Å². The number of nitrogens with zero attached hydrogens (tertiary/aromatic N) is 3. The van der Waals surface area contributed by atoms with Crippen molar-refractivity contribution >= 4 is 16.9 Å². The molecule has 1 aliphatic heterocycles. The Morgan fingerprint density at radius 3 is 3.00 bits per heavy atom. The van der Waals surface area contributed by atoms with E-state index in [9.17, 15) is 10.1 Å². The van der Waals surface area contributed by atoms with E-state index in [1.807, 2.05) is 42.0 Å². The Morgan fingerprint density at radius 2 is 2.25 bits per heavy atom. The summed E-state index contributed by atoms with van der Waals surface area (Å²) in [5.74, 6) is -0.367. The van der Waals surface area contributed by atoms with Crippen LogP contribution in [0, 0.1) is 18.3 Å². The summed E-state index contributed by atoms with van der Waals surface area (Å²) in [7, 11) is 0. The number of aromatic amines is 1. The van der Waals surface area contributed by atoms with Gasteiger partial charge in [-0.05, 0) is 25.5 Å². The van der Waals surface area contributed by atoms with Crippen LogP contribution in [0.1, 0.15) is 29.7 Å². The molecule has 0 radical (unpaired) electrons. The number of fused-ring (bicyclic) bond motifs is 2. The minimum absolute atomic E-state index is 0.0359. The maximum atomic E-state index is 12.1. The molecule has 0 spiro atoms. The van der Waals surface area contributed by atoms with E-state index in [1.165, 1.54) is 0 Å². The van der Waals surface area contributed by atoms with Crippen LogP contribution >= 0.6 is 0 Å². The van der Waals surface area contributed by atoms with Crippen molar-refractivity contribution in [2.75, 3.05) is 6.61 Å². The molecule has 0 saturated heterocycles. The fourth-order valence-electron chi connectivity index (χ4n) is 3.69. The third-order valence-corrected chi connectivity index (χ3v) is 4.86. The normalized spacial score (nSPS) is 15.8. The van der Waals surface area contributed by atoms with Crippen LogP contribution in [0.4, 0.5) is 0 Å². The van der Waals surface area contributed by atoms with Crippen molar-refractivity contribution in [2.45, 2.75) is 26.3 Å². The lowest BCUT2D eigenvalue weighted by molar-refractivity contribution is -0.143. The predicted octanol–water partition coefficient (Wildman–Crippen LogP) is 2.45. The van der Waals surface area contributed by atoms with E-state index in [0.717, 1.165) is 27.7 Å². The Hall–Kier alpha value is -3.73. The monoisotopic (exact) mass is 377 g/mol. The average molecular weight is 377 g/mol. The largest absolute Gasteiger partial charge is 0.465 e. The number of nitrogens with one attached hydrogen (secondary N) is 1. The smallest absolute Gasteiger partial charge is 0.325 e. The second-order valence-corrected chi connectivity index (χ2v) is 6.53. The molecule has 0 aliphatic carbocycles. The molecule has 28 heavy (non-hydrogen) atoms. The molecular weight excluding hydrogens is 358 g/mol. The summed E-state index contributed by atoms with van der Waals surface area (Å²) >= 11 is 0. The highest BCUT2D eigenvalue weighted by Gasteiger charge is 2.36. The Bertz CT molecular complexity index is 1150. The van der Waals surface area contributed by atoms with E-state index < -0.39 is 5.92 Å². The first-order chi connectivity index (χ1) is 13.5. The van der Waals surface area contributed by atoms with E-state index >= 15 is 0 Å². The molecule has 0 amide bonds. The maximum absolute atomic E-state index is 12.1. The van der Waals surface area contributed by atoms with Crippen LogP contribution in [0.5, 0.6) is 5.88 Å². The van der Waals surface area contributed by atoms with E-state index in [4.69, 9.17) is 15.2 Å². The van der Waals surface area contributed by atoms with Gasteiger partial charge in [0.15, 0.2) is 0 Å². The number of hydrogen-bond acceptors (Lipinski definition) is 6. The Balaban J connectivity index is 1.93. The van der Waals surface area contributed by atoms with Gasteiger partial charge in [-0.1, -0.05) is 18.2 Å². The third-order valence-electron chi connectivity index (χ3n) is 4.86. The Morgan fingerprint density at radius 1 is 1.46 bits per heavy atom. The highest BCUT2D eigenvalue weighted by atomic mass is 16.5. The van der Waals surface area contributed by atoms with E-state index in [2.05, 4.69) is 16.3 Å². The standard InChI is InChI=1S/C20H19N5O3/c1-3-27-16(26)10-25-9-14(12-6-4-5-7-15(12)25)18-13(8-21)19(22)28-20-17(18)11(2)23-24-20/h4-7,9,18H,3,10,22H2,1-2H3,(H,23,24). The number of para-hydroxylation sites is 1. The van der Waals surface area contributed by atoms with Crippen LogP contribution in [0.15, 0.2) is 41.9 Å². The molecule has 0 saturated carbocycles. The molecule has 1 aromatic carbocycles. The number of carbonyl (C=O) groups is 1. The predicted molar refractivity (Wildman–Crippen MR) is 101 cm³/mol. The second kappa shape index (κ2) is 6.78. The number of ether oxygens (including phenoxy) is 2. The molecule has 1 aliphatic rings. The molecule has 1 atom stereocenters. The van der Waals surface area contributed by atoms with E-state index in [0.29, 0.717) is 18.1 Å². The maximum Gasteiger partial charge on any atom is 0.325 e. The summed E-state index contributed by atoms with van der Waals surface area (Å²) in [6.07, 6.45) is 1.87. The minimum atomic E-state index is -0.444. The molecule has 8 heteroatoms. The first-order valence-electron chi connectivity index (χ1n) is 8.91. The topological polar surface area (TPSA) is 119 Å². The van der Waals surface area contributed by atoms with E-state index in [1.54, 1.807) is 6.92 Å². The highest BCUT2D eigenvalue weighted by Crippen LogP contribution is 2.45. The molecule has 8 nitrogen and oxygen atoms in total. The zero-order valence-corrected chi connectivity index (χ0v) is 15.5. The average Bonchev–Trinajstić information content (AvgIpc) is 3.22. The highest BCUT2D eigenvalue weighted by molar-refractivity contribution is 5.87. The van der Waals surface area contributed by atoms with Gasteiger partial charge < -0.3 is 19.8 Å². The molecule has 142 valence electrons. The number of allylic oxidation sites excluding steroid dienone is 1. The van der Waals surface area contributed by atoms with Crippen LogP contribution in [-0.2, 0) is 16.1 Å². The zero-order valence-electron chi connectivity index (χ0n) is 15.5. The van der Waals surface area contributed by atoms with Gasteiger partial charge in [0.25, 0.3) is 0 Å². The lowest BCUT2D eigenvalue weighted by Gasteiger charge is -2.23. The first-order valence-corrected chi connectivity index (χ1v) is 8.91. The molecule has 4 rings (SSSR count). The van der Waals surface area contributed by atoms with Crippen molar-refractivity contribution in [3.05, 3.63) is 58.7 Å². The van der Waals surface area contributed by atoms with Gasteiger partial charge in [0.1, 0.15) is 18.2 Å². The Kier molecular flexibility index (Phi) is 4.28. The molecular formula is C20H19N5O3. The lowest BCUT2D eigenvalue weighted by atomic mass is 9.84. The van der Waals surface area contributed by atoms with Gasteiger partial charge in [0, 0.05) is 28.4 Å². The van der Waals surface area contributed by atoms with Gasteiger partial charge in [-0.2, -0.15) is 5.26 Å². The summed E-state index contributed by atoms with van der Waals surface area (Å²) in [5.41, 5.74) is 9.62. The first kappa shape index (κ1) is 17.7. The molecule has 3 N–H and O–H groups in total. The number of rotatable bonds is 4. The van der Waals surface area contributed by atoms with Crippen LogP contribution in [0.2, 0.25) is 0 Å². The van der Waals surface area contributed by atoms with Crippen LogP contribution in [0.25, 0.3) is 10.9 Å². The van der Waals surface area contributed by atoms with Crippen LogP contribution in [0.3, 0.4) is 0 Å². The van der Waals surface area contributed by atoms with Gasteiger partial charge in [0.05, 0.1) is 12.5 Å². The van der Waals surface area contributed by atoms with Gasteiger partial charge in [0.2, 0.25) is 11.8 Å². The second-order valence-electron chi connectivity index (χ2n) is 6.53. The number of benzene rings is 1.